The van der Waals surface area contributed by atoms with Crippen LogP contribution in [0.5, 0.6) is 0 Å². The number of benzene rings is 1. The maximum absolute atomic E-state index is 12.9. The fraction of sp³-hybridized carbons (Fsp3) is 0.0909. The Bertz CT molecular complexity index is 584. The second-order valence-electron chi connectivity index (χ2n) is 3.64. The number of nitrogens with two attached hydrogens (primary N) is 1. The summed E-state index contributed by atoms with van der Waals surface area (Å²) in [5.41, 5.74) is 6.34. The van der Waals surface area contributed by atoms with E-state index in [1.807, 2.05) is 0 Å². The fourth-order valence-electron chi connectivity index (χ4n) is 1.38. The molecule has 7 heteroatoms. The van der Waals surface area contributed by atoms with Crippen LogP contribution >= 0.6 is 11.6 Å². The second kappa shape index (κ2) is 5.05. The molecule has 1 heterocycles. The van der Waals surface area contributed by atoms with Crippen molar-refractivity contribution < 1.29 is 9.18 Å². The Morgan fingerprint density at radius 1 is 1.50 bits per heavy atom. The monoisotopic (exact) mass is 268 g/mol. The highest BCUT2D eigenvalue weighted by Crippen LogP contribution is 2.15. The van der Waals surface area contributed by atoms with Crippen LogP contribution in [-0.4, -0.2) is 16.1 Å². The molecule has 0 saturated carbocycles. The van der Waals surface area contributed by atoms with Crippen molar-refractivity contribution in [3.63, 3.8) is 0 Å². The number of amides is 1. The first-order valence-corrected chi connectivity index (χ1v) is 5.47. The van der Waals surface area contributed by atoms with Gasteiger partial charge < -0.3 is 11.1 Å². The number of rotatable bonds is 3. The van der Waals surface area contributed by atoms with Crippen LogP contribution in [-0.2, 0) is 6.54 Å². The fourth-order valence-corrected chi connectivity index (χ4v) is 1.58. The first-order chi connectivity index (χ1) is 8.56. The van der Waals surface area contributed by atoms with Gasteiger partial charge in [0.25, 0.3) is 5.91 Å². The van der Waals surface area contributed by atoms with Crippen molar-refractivity contribution in [2.75, 3.05) is 5.73 Å². The molecule has 2 rings (SSSR count). The summed E-state index contributed by atoms with van der Waals surface area (Å²) in [6.45, 7) is 0.234. The minimum Gasteiger partial charge on any atom is -0.382 e. The summed E-state index contributed by atoms with van der Waals surface area (Å²) in [7, 11) is 0. The molecule has 2 aromatic rings. The van der Waals surface area contributed by atoms with E-state index < -0.39 is 5.82 Å². The Morgan fingerprint density at radius 2 is 2.28 bits per heavy atom. The highest BCUT2D eigenvalue weighted by Gasteiger charge is 2.08. The van der Waals surface area contributed by atoms with Crippen LogP contribution in [0.25, 0.3) is 0 Å². The second-order valence-corrected chi connectivity index (χ2v) is 4.04. The Hall–Kier alpha value is -2.08. The molecule has 18 heavy (non-hydrogen) atoms. The SMILES string of the molecule is Nc1cc(C(=O)NCc2ccc(F)c(Cl)c2)[nH]n1. The van der Waals surface area contributed by atoms with E-state index in [1.165, 1.54) is 18.2 Å². The van der Waals surface area contributed by atoms with E-state index in [0.717, 1.165) is 0 Å². The van der Waals surface area contributed by atoms with E-state index in [2.05, 4.69) is 15.5 Å². The lowest BCUT2D eigenvalue weighted by atomic mass is 10.2. The summed E-state index contributed by atoms with van der Waals surface area (Å²) < 4.78 is 12.9. The van der Waals surface area contributed by atoms with Gasteiger partial charge in [0, 0.05) is 12.6 Å². The largest absolute Gasteiger partial charge is 0.382 e. The summed E-state index contributed by atoms with van der Waals surface area (Å²) in [6, 6.07) is 5.67. The van der Waals surface area contributed by atoms with Crippen molar-refractivity contribution in [1.82, 2.24) is 15.5 Å². The van der Waals surface area contributed by atoms with Crippen molar-refractivity contribution in [1.29, 1.82) is 0 Å². The lowest BCUT2D eigenvalue weighted by molar-refractivity contribution is 0.0946. The summed E-state index contributed by atoms with van der Waals surface area (Å²) in [4.78, 5) is 11.6. The maximum atomic E-state index is 12.9. The highest BCUT2D eigenvalue weighted by molar-refractivity contribution is 6.30. The number of H-pyrrole nitrogens is 1. The number of nitrogens with one attached hydrogen (secondary N) is 2. The van der Waals surface area contributed by atoms with Crippen LogP contribution in [0.3, 0.4) is 0 Å². The Balaban J connectivity index is 1.99. The zero-order valence-electron chi connectivity index (χ0n) is 9.21. The van der Waals surface area contributed by atoms with Crippen LogP contribution < -0.4 is 11.1 Å². The molecule has 0 spiro atoms. The maximum Gasteiger partial charge on any atom is 0.269 e. The van der Waals surface area contributed by atoms with Crippen LogP contribution in [0.4, 0.5) is 10.2 Å². The standard InChI is InChI=1S/C11H10ClFN4O/c12-7-3-6(1-2-8(7)13)5-15-11(18)9-4-10(14)17-16-9/h1-4H,5H2,(H,15,18)(H3,14,16,17). The predicted octanol–water partition coefficient (Wildman–Crippen LogP) is 1.71. The summed E-state index contributed by atoms with van der Waals surface area (Å²) in [5, 5.41) is 8.78. The zero-order chi connectivity index (χ0) is 13.1. The number of hydrogen-bond donors (Lipinski definition) is 3. The Kier molecular flexibility index (Phi) is 3.47. The third-order valence-corrected chi connectivity index (χ3v) is 2.57. The average Bonchev–Trinajstić information content (AvgIpc) is 2.77. The van der Waals surface area contributed by atoms with E-state index >= 15 is 0 Å². The molecule has 1 aromatic carbocycles. The number of halogens is 2. The highest BCUT2D eigenvalue weighted by atomic mass is 35.5. The molecule has 4 N–H and O–H groups in total. The van der Waals surface area contributed by atoms with E-state index in [9.17, 15) is 9.18 Å². The molecule has 0 atom stereocenters. The van der Waals surface area contributed by atoms with Crippen LogP contribution in [0.2, 0.25) is 5.02 Å². The van der Waals surface area contributed by atoms with Gasteiger partial charge in [-0.05, 0) is 17.7 Å². The van der Waals surface area contributed by atoms with Gasteiger partial charge in [-0.1, -0.05) is 17.7 Å². The Morgan fingerprint density at radius 3 is 2.89 bits per heavy atom. The molecule has 0 unspecified atom stereocenters. The first kappa shape index (κ1) is 12.4. The van der Waals surface area contributed by atoms with E-state index in [0.29, 0.717) is 5.56 Å². The topological polar surface area (TPSA) is 83.8 Å². The normalized spacial score (nSPS) is 10.3. The zero-order valence-corrected chi connectivity index (χ0v) is 9.96. The quantitative estimate of drug-likeness (QED) is 0.792. The molecule has 0 bridgehead atoms. The molecule has 0 aliphatic heterocycles. The van der Waals surface area contributed by atoms with Crippen molar-refractivity contribution in [3.8, 4) is 0 Å². The minimum absolute atomic E-state index is 0.0209. The van der Waals surface area contributed by atoms with E-state index in [1.54, 1.807) is 6.07 Å². The average molecular weight is 269 g/mol. The molecular weight excluding hydrogens is 259 g/mol. The lowest BCUT2D eigenvalue weighted by Gasteiger charge is -2.04. The molecule has 1 amide bonds. The third-order valence-electron chi connectivity index (χ3n) is 2.28. The smallest absolute Gasteiger partial charge is 0.269 e. The minimum atomic E-state index is -0.493. The number of nitrogen functional groups attached to an aromatic ring is 1. The van der Waals surface area contributed by atoms with Crippen LogP contribution in [0.1, 0.15) is 16.1 Å². The number of aromatic nitrogens is 2. The molecule has 0 saturated heterocycles. The molecular formula is C11H10ClFN4O. The van der Waals surface area contributed by atoms with Gasteiger partial charge in [0.15, 0.2) is 0 Å². The van der Waals surface area contributed by atoms with Crippen molar-refractivity contribution in [2.45, 2.75) is 6.54 Å². The van der Waals surface area contributed by atoms with Gasteiger partial charge >= 0.3 is 0 Å². The number of carbonyl (C=O) groups excluding carboxylic acids is 1. The number of anilines is 1. The van der Waals surface area contributed by atoms with E-state index in [-0.39, 0.29) is 29.0 Å². The molecule has 0 radical (unpaired) electrons. The van der Waals surface area contributed by atoms with Gasteiger partial charge in [-0.25, -0.2) is 4.39 Å². The summed E-state index contributed by atoms with van der Waals surface area (Å²) >= 11 is 5.63. The van der Waals surface area contributed by atoms with Crippen LogP contribution in [0, 0.1) is 5.82 Å². The molecule has 1 aromatic heterocycles. The summed E-state index contributed by atoms with van der Waals surface area (Å²) in [5.74, 6) is -0.599. The Labute approximate surface area is 107 Å². The van der Waals surface area contributed by atoms with Gasteiger partial charge in [0.05, 0.1) is 5.02 Å². The van der Waals surface area contributed by atoms with Gasteiger partial charge in [-0.15, -0.1) is 0 Å². The van der Waals surface area contributed by atoms with Crippen molar-refractivity contribution in [2.24, 2.45) is 0 Å². The van der Waals surface area contributed by atoms with Gasteiger partial charge in [0.2, 0.25) is 0 Å². The third kappa shape index (κ3) is 2.78. The molecule has 0 fully saturated rings. The molecule has 0 aliphatic carbocycles. The van der Waals surface area contributed by atoms with Gasteiger partial charge in [-0.3, -0.25) is 9.89 Å². The molecule has 94 valence electrons. The number of nitrogens with zero attached hydrogens (tertiary/aromatic N) is 1. The van der Waals surface area contributed by atoms with Crippen molar-refractivity contribution >= 4 is 23.3 Å². The first-order valence-electron chi connectivity index (χ1n) is 5.09. The number of carbonyl (C=O) groups is 1. The van der Waals surface area contributed by atoms with Crippen LogP contribution in [0.15, 0.2) is 24.3 Å². The predicted molar refractivity (Wildman–Crippen MR) is 65.6 cm³/mol. The van der Waals surface area contributed by atoms with Crippen molar-refractivity contribution in [3.05, 3.63) is 46.4 Å². The number of hydrogen-bond acceptors (Lipinski definition) is 3. The number of aromatic amines is 1. The van der Waals surface area contributed by atoms with E-state index in [4.69, 9.17) is 17.3 Å². The molecule has 5 nitrogen and oxygen atoms in total. The lowest BCUT2D eigenvalue weighted by Crippen LogP contribution is -2.23. The summed E-state index contributed by atoms with van der Waals surface area (Å²) in [6.07, 6.45) is 0. The molecule has 0 aliphatic rings. The van der Waals surface area contributed by atoms with Gasteiger partial charge in [0.1, 0.15) is 17.3 Å². The van der Waals surface area contributed by atoms with Gasteiger partial charge in [-0.2, -0.15) is 5.10 Å².